The van der Waals surface area contributed by atoms with Crippen molar-refractivity contribution in [2.75, 3.05) is 31.6 Å². The van der Waals surface area contributed by atoms with Gasteiger partial charge in [-0.3, -0.25) is 9.59 Å². The number of piperidine rings is 1. The Balaban J connectivity index is 1.27. The van der Waals surface area contributed by atoms with Gasteiger partial charge in [-0.1, -0.05) is 12.5 Å². The molecule has 2 N–H and O–H groups in total. The molecular weight excluding hydrogens is 465 g/mol. The van der Waals surface area contributed by atoms with E-state index in [1.807, 2.05) is 4.90 Å². The average molecular weight is 498 g/mol. The molecule has 1 aliphatic carbocycles. The maximum atomic E-state index is 14.3. The van der Waals surface area contributed by atoms with Crippen LogP contribution in [0, 0.1) is 17.7 Å². The number of aromatic nitrogens is 2. The quantitative estimate of drug-likeness (QED) is 0.512. The summed E-state index contributed by atoms with van der Waals surface area (Å²) in [5.74, 6) is -1.04. The Labute approximate surface area is 209 Å². The van der Waals surface area contributed by atoms with Crippen molar-refractivity contribution in [1.29, 1.82) is 0 Å². The fraction of sp³-hybridized carbons (Fsp3) is 0.500. The third kappa shape index (κ3) is 6.16. The van der Waals surface area contributed by atoms with Gasteiger partial charge in [-0.15, -0.1) is 0 Å². The van der Waals surface area contributed by atoms with E-state index in [-0.39, 0.29) is 35.8 Å². The number of benzene rings is 1. The van der Waals surface area contributed by atoms with Crippen molar-refractivity contribution < 1.29 is 23.5 Å². The molecule has 1 aromatic carbocycles. The van der Waals surface area contributed by atoms with Gasteiger partial charge in [0.05, 0.1) is 30.8 Å². The Kier molecular flexibility index (Phi) is 8.45. The van der Waals surface area contributed by atoms with Gasteiger partial charge in [0.2, 0.25) is 5.91 Å². The van der Waals surface area contributed by atoms with Crippen LogP contribution in [-0.4, -0.2) is 60.8 Å². The minimum atomic E-state index is -0.689. The van der Waals surface area contributed by atoms with E-state index in [0.717, 1.165) is 32.1 Å². The first-order chi connectivity index (χ1) is 17.5. The monoisotopic (exact) mass is 497 g/mol. The number of ether oxygens (including phenoxy) is 1. The maximum Gasteiger partial charge on any atom is 0.342 e. The summed E-state index contributed by atoms with van der Waals surface area (Å²) in [5.41, 5.74) is 0.918. The standard InChI is InChI=1S/C26H32FN5O4/c1-36-26(35)24-20(27)6-3-7-22(24)32-12-9-17(10-13-32)15-28-23(33)14-21(18-4-2-5-18)31-25(34)19-8-11-29-30-16-19/h3,6-8,11,16-18,21H,2,4-5,9-10,12-15H2,1H3,(H,28,33)(H,31,34). The highest BCUT2D eigenvalue weighted by atomic mass is 19.1. The fourth-order valence-corrected chi connectivity index (χ4v) is 4.84. The van der Waals surface area contributed by atoms with Gasteiger partial charge < -0.3 is 20.3 Å². The molecule has 2 fully saturated rings. The van der Waals surface area contributed by atoms with Gasteiger partial charge in [-0.2, -0.15) is 10.2 Å². The third-order valence-corrected chi connectivity index (χ3v) is 7.21. The summed E-state index contributed by atoms with van der Waals surface area (Å²) in [5, 5.41) is 13.5. The third-order valence-electron chi connectivity index (χ3n) is 7.21. The number of carbonyl (C=O) groups excluding carboxylic acids is 3. The molecule has 2 amide bonds. The lowest BCUT2D eigenvalue weighted by Crippen LogP contribution is -2.46. The number of methoxy groups -OCH3 is 1. The Morgan fingerprint density at radius 3 is 2.56 bits per heavy atom. The molecule has 2 heterocycles. The van der Waals surface area contributed by atoms with Gasteiger partial charge >= 0.3 is 5.97 Å². The minimum Gasteiger partial charge on any atom is -0.465 e. The molecule has 1 saturated carbocycles. The van der Waals surface area contributed by atoms with Crippen LogP contribution in [-0.2, 0) is 9.53 Å². The molecule has 1 atom stereocenters. The summed E-state index contributed by atoms with van der Waals surface area (Å²) in [7, 11) is 1.24. The smallest absolute Gasteiger partial charge is 0.342 e. The number of rotatable bonds is 9. The molecule has 2 aromatic rings. The van der Waals surface area contributed by atoms with Crippen molar-refractivity contribution in [2.24, 2.45) is 11.8 Å². The molecule has 36 heavy (non-hydrogen) atoms. The second-order valence-electron chi connectivity index (χ2n) is 9.47. The van der Waals surface area contributed by atoms with Crippen LogP contribution in [0.5, 0.6) is 0 Å². The van der Waals surface area contributed by atoms with E-state index in [4.69, 9.17) is 4.74 Å². The van der Waals surface area contributed by atoms with Crippen LogP contribution in [0.1, 0.15) is 59.2 Å². The van der Waals surface area contributed by atoms with E-state index in [1.165, 1.54) is 25.6 Å². The normalized spacial score (nSPS) is 17.1. The van der Waals surface area contributed by atoms with Gasteiger partial charge in [0.1, 0.15) is 11.4 Å². The van der Waals surface area contributed by atoms with E-state index in [1.54, 1.807) is 18.2 Å². The van der Waals surface area contributed by atoms with Gasteiger partial charge in [0.25, 0.3) is 5.91 Å². The number of hydrogen-bond acceptors (Lipinski definition) is 7. The number of nitrogens with one attached hydrogen (secondary N) is 2. The SMILES string of the molecule is COC(=O)c1c(F)cccc1N1CCC(CNC(=O)CC(NC(=O)c2ccnnc2)C2CCC2)CC1. The molecule has 1 aliphatic heterocycles. The Hall–Kier alpha value is -3.56. The van der Waals surface area contributed by atoms with Crippen LogP contribution in [0.4, 0.5) is 10.1 Å². The molecule has 0 spiro atoms. The van der Waals surface area contributed by atoms with Crippen molar-refractivity contribution >= 4 is 23.5 Å². The Morgan fingerprint density at radius 2 is 1.92 bits per heavy atom. The van der Waals surface area contributed by atoms with E-state index < -0.39 is 11.8 Å². The van der Waals surface area contributed by atoms with Crippen LogP contribution >= 0.6 is 0 Å². The van der Waals surface area contributed by atoms with Gasteiger partial charge in [-0.05, 0) is 55.7 Å². The summed E-state index contributed by atoms with van der Waals surface area (Å²) >= 11 is 0. The number of hydrogen-bond donors (Lipinski definition) is 2. The Bertz CT molecular complexity index is 1070. The lowest BCUT2D eigenvalue weighted by Gasteiger charge is -2.35. The van der Waals surface area contributed by atoms with Crippen molar-refractivity contribution in [1.82, 2.24) is 20.8 Å². The predicted octanol–water partition coefficient (Wildman–Crippen LogP) is 2.72. The summed E-state index contributed by atoms with van der Waals surface area (Å²) in [4.78, 5) is 39.4. The number of nitrogens with zero attached hydrogens (tertiary/aromatic N) is 3. The number of esters is 1. The second-order valence-corrected chi connectivity index (χ2v) is 9.47. The molecule has 1 aromatic heterocycles. The molecule has 0 bridgehead atoms. The molecule has 10 heteroatoms. The molecule has 9 nitrogen and oxygen atoms in total. The van der Waals surface area contributed by atoms with Crippen molar-refractivity contribution in [3.8, 4) is 0 Å². The van der Waals surface area contributed by atoms with Crippen molar-refractivity contribution in [2.45, 2.75) is 44.6 Å². The highest BCUT2D eigenvalue weighted by Crippen LogP contribution is 2.31. The summed E-state index contributed by atoms with van der Waals surface area (Å²) in [6.45, 7) is 1.84. The van der Waals surface area contributed by atoms with Crippen LogP contribution in [0.15, 0.2) is 36.7 Å². The highest BCUT2D eigenvalue weighted by molar-refractivity contribution is 5.96. The van der Waals surface area contributed by atoms with Crippen molar-refractivity contribution in [3.05, 3.63) is 53.6 Å². The molecule has 1 saturated heterocycles. The molecule has 4 rings (SSSR count). The van der Waals surface area contributed by atoms with Crippen LogP contribution in [0.3, 0.4) is 0 Å². The molecule has 2 aliphatic rings. The summed E-state index contributed by atoms with van der Waals surface area (Å²) < 4.78 is 19.0. The molecule has 192 valence electrons. The average Bonchev–Trinajstić information content (AvgIpc) is 2.86. The fourth-order valence-electron chi connectivity index (χ4n) is 4.84. The van der Waals surface area contributed by atoms with Gasteiger partial charge in [0, 0.05) is 32.1 Å². The molecular formula is C26H32FN5O4. The van der Waals surface area contributed by atoms with Crippen LogP contribution < -0.4 is 15.5 Å². The van der Waals surface area contributed by atoms with E-state index in [0.29, 0.717) is 36.8 Å². The minimum absolute atomic E-state index is 0.0432. The van der Waals surface area contributed by atoms with E-state index >= 15 is 0 Å². The maximum absolute atomic E-state index is 14.3. The second kappa shape index (κ2) is 11.9. The summed E-state index contributed by atoms with van der Waals surface area (Å²) in [6.07, 6.45) is 7.83. The number of amides is 2. The zero-order chi connectivity index (χ0) is 25.5. The van der Waals surface area contributed by atoms with E-state index in [2.05, 4.69) is 20.8 Å². The van der Waals surface area contributed by atoms with Gasteiger partial charge in [0.15, 0.2) is 0 Å². The van der Waals surface area contributed by atoms with Crippen LogP contribution in [0.2, 0.25) is 0 Å². The predicted molar refractivity (Wildman–Crippen MR) is 131 cm³/mol. The van der Waals surface area contributed by atoms with Gasteiger partial charge in [-0.25, -0.2) is 9.18 Å². The first-order valence-electron chi connectivity index (χ1n) is 12.4. The lowest BCUT2D eigenvalue weighted by molar-refractivity contribution is -0.122. The van der Waals surface area contributed by atoms with Crippen LogP contribution in [0.25, 0.3) is 0 Å². The summed E-state index contributed by atoms with van der Waals surface area (Å²) in [6, 6.07) is 5.96. The zero-order valence-corrected chi connectivity index (χ0v) is 20.4. The largest absolute Gasteiger partial charge is 0.465 e. The Morgan fingerprint density at radius 1 is 1.14 bits per heavy atom. The number of anilines is 1. The van der Waals surface area contributed by atoms with Crippen molar-refractivity contribution in [3.63, 3.8) is 0 Å². The highest BCUT2D eigenvalue weighted by Gasteiger charge is 2.31. The lowest BCUT2D eigenvalue weighted by atomic mass is 9.78. The molecule has 0 radical (unpaired) electrons. The first-order valence-corrected chi connectivity index (χ1v) is 12.4. The molecule has 1 unspecified atom stereocenters. The number of carbonyl (C=O) groups is 3. The number of halogens is 1. The topological polar surface area (TPSA) is 114 Å². The van der Waals surface area contributed by atoms with E-state index in [9.17, 15) is 18.8 Å². The first kappa shape index (κ1) is 25.5. The zero-order valence-electron chi connectivity index (χ0n) is 20.4.